The number of methoxy groups -OCH3 is 2. The van der Waals surface area contributed by atoms with Crippen LogP contribution in [-0.4, -0.2) is 44.1 Å². The van der Waals surface area contributed by atoms with Gasteiger partial charge in [0.1, 0.15) is 5.03 Å². The zero-order valence-electron chi connectivity index (χ0n) is 19.6. The lowest BCUT2D eigenvalue weighted by atomic mass is 10.1. The summed E-state index contributed by atoms with van der Waals surface area (Å²) in [6, 6.07) is 13.1. The van der Waals surface area contributed by atoms with Crippen LogP contribution in [-0.2, 0) is 28.5 Å². The summed E-state index contributed by atoms with van der Waals surface area (Å²) in [5.74, 6) is 0.109. The van der Waals surface area contributed by atoms with Crippen LogP contribution in [0, 0.1) is 0 Å². The Labute approximate surface area is 211 Å². The number of thioether (sulfide) groups is 1. The van der Waals surface area contributed by atoms with E-state index in [2.05, 4.69) is 4.98 Å². The van der Waals surface area contributed by atoms with Crippen LogP contribution in [0.15, 0.2) is 65.8 Å². The molecule has 192 valence electrons. The number of rotatable bonds is 9. The Kier molecular flexibility index (Phi) is 8.51. The molecule has 0 spiro atoms. The summed E-state index contributed by atoms with van der Waals surface area (Å²) in [4.78, 5) is 16.9. The fraction of sp³-hybridized carbons (Fsp3) is 0.250. The number of alkyl halides is 3. The number of hydrogen-bond donors (Lipinski definition) is 0. The third kappa shape index (κ3) is 6.49. The van der Waals surface area contributed by atoms with Crippen molar-refractivity contribution in [2.24, 2.45) is 0 Å². The normalized spacial score (nSPS) is 11.7. The molecule has 36 heavy (non-hydrogen) atoms. The Morgan fingerprint density at radius 1 is 1.03 bits per heavy atom. The number of aromatic nitrogens is 1. The SMILES string of the molecule is COc1cccc(CN(C(=O)c2ccc(CSc3ncccc3C(F)(F)F)cc2)S(C)(=O)=O)c1OC. The van der Waals surface area contributed by atoms with E-state index in [4.69, 9.17) is 9.47 Å². The van der Waals surface area contributed by atoms with Gasteiger partial charge in [0.05, 0.1) is 32.6 Å². The first-order chi connectivity index (χ1) is 17.0. The quantitative estimate of drug-likeness (QED) is 0.353. The van der Waals surface area contributed by atoms with Crippen LogP contribution in [0.25, 0.3) is 0 Å². The molecule has 0 atom stereocenters. The number of carbonyl (C=O) groups excluding carboxylic acids is 1. The van der Waals surface area contributed by atoms with E-state index in [0.29, 0.717) is 22.6 Å². The molecule has 7 nitrogen and oxygen atoms in total. The molecule has 0 aliphatic rings. The third-order valence-electron chi connectivity index (χ3n) is 5.08. The monoisotopic (exact) mass is 540 g/mol. The summed E-state index contributed by atoms with van der Waals surface area (Å²) in [7, 11) is -1.11. The first-order valence-corrected chi connectivity index (χ1v) is 13.2. The van der Waals surface area contributed by atoms with Gasteiger partial charge in [-0.2, -0.15) is 13.2 Å². The van der Waals surface area contributed by atoms with Gasteiger partial charge in [-0.15, -0.1) is 11.8 Å². The number of amides is 1. The second-order valence-electron chi connectivity index (χ2n) is 7.57. The summed E-state index contributed by atoms with van der Waals surface area (Å²) in [5, 5.41) is -0.152. The maximum atomic E-state index is 13.2. The van der Waals surface area contributed by atoms with E-state index in [1.165, 1.54) is 38.6 Å². The fourth-order valence-corrected chi connectivity index (χ4v) is 5.08. The van der Waals surface area contributed by atoms with Crippen LogP contribution in [0.1, 0.15) is 27.0 Å². The van der Waals surface area contributed by atoms with Crippen LogP contribution in [0.3, 0.4) is 0 Å². The molecule has 3 aromatic rings. The molecule has 1 heterocycles. The van der Waals surface area contributed by atoms with Gasteiger partial charge in [-0.1, -0.05) is 24.3 Å². The minimum Gasteiger partial charge on any atom is -0.493 e. The number of carbonyl (C=O) groups is 1. The second-order valence-corrected chi connectivity index (χ2v) is 10.4. The van der Waals surface area contributed by atoms with Gasteiger partial charge < -0.3 is 9.47 Å². The standard InChI is InChI=1S/C24H23F3N2O5S2/c1-33-20-8-4-6-18(21(20)34-2)14-29(36(3,31)32)23(30)17-11-9-16(10-12-17)15-35-22-19(24(25,26)27)7-5-13-28-22/h4-13H,14-15H2,1-3H3. The molecule has 3 rings (SSSR count). The zero-order valence-corrected chi connectivity index (χ0v) is 21.2. The van der Waals surface area contributed by atoms with E-state index in [0.717, 1.165) is 28.4 Å². The summed E-state index contributed by atoms with van der Waals surface area (Å²) < 4.78 is 75.8. The molecule has 0 radical (unpaired) electrons. The molecule has 0 aliphatic carbocycles. The van der Waals surface area contributed by atoms with E-state index in [1.54, 1.807) is 30.3 Å². The lowest BCUT2D eigenvalue weighted by Crippen LogP contribution is -2.35. The van der Waals surface area contributed by atoms with E-state index < -0.39 is 27.7 Å². The van der Waals surface area contributed by atoms with Gasteiger partial charge in [0.25, 0.3) is 5.91 Å². The first-order valence-electron chi connectivity index (χ1n) is 10.4. The van der Waals surface area contributed by atoms with Crippen LogP contribution in [0.5, 0.6) is 11.5 Å². The molecule has 0 fully saturated rings. The van der Waals surface area contributed by atoms with E-state index in [-0.39, 0.29) is 22.9 Å². The smallest absolute Gasteiger partial charge is 0.419 e. The number of pyridine rings is 1. The molecule has 0 aliphatic heterocycles. The lowest BCUT2D eigenvalue weighted by molar-refractivity contribution is -0.140. The topological polar surface area (TPSA) is 85.8 Å². The second kappa shape index (κ2) is 11.2. The van der Waals surface area contributed by atoms with Crippen LogP contribution < -0.4 is 9.47 Å². The van der Waals surface area contributed by atoms with Gasteiger partial charge in [-0.3, -0.25) is 4.79 Å². The molecule has 2 aromatic carbocycles. The van der Waals surface area contributed by atoms with E-state index in [9.17, 15) is 26.4 Å². The summed E-state index contributed by atoms with van der Waals surface area (Å²) in [6.45, 7) is -0.282. The van der Waals surface area contributed by atoms with Crippen LogP contribution in [0.2, 0.25) is 0 Å². The van der Waals surface area contributed by atoms with Gasteiger partial charge in [-0.05, 0) is 35.9 Å². The van der Waals surface area contributed by atoms with Gasteiger partial charge in [0, 0.05) is 23.1 Å². The maximum Gasteiger partial charge on any atom is 0.419 e. The molecule has 1 aromatic heterocycles. The maximum absolute atomic E-state index is 13.2. The largest absolute Gasteiger partial charge is 0.493 e. The number of sulfonamides is 1. The molecule has 0 saturated carbocycles. The highest BCUT2D eigenvalue weighted by atomic mass is 32.2. The Morgan fingerprint density at radius 2 is 1.72 bits per heavy atom. The van der Waals surface area contributed by atoms with Crippen molar-refractivity contribution < 1.29 is 35.9 Å². The average Bonchev–Trinajstić information content (AvgIpc) is 2.84. The predicted octanol–water partition coefficient (Wildman–Crippen LogP) is 5.01. The number of halogens is 3. The summed E-state index contributed by atoms with van der Waals surface area (Å²) in [5.41, 5.74) is 0.346. The molecular formula is C24H23F3N2O5S2. The molecule has 0 bridgehead atoms. The van der Waals surface area contributed by atoms with Gasteiger partial charge in [-0.25, -0.2) is 17.7 Å². The first kappa shape index (κ1) is 27.3. The third-order valence-corrected chi connectivity index (χ3v) is 7.25. The Balaban J connectivity index is 1.80. The van der Waals surface area contributed by atoms with Crippen molar-refractivity contribution in [2.75, 3.05) is 20.5 Å². The highest BCUT2D eigenvalue weighted by molar-refractivity contribution is 7.98. The number of ether oxygens (including phenoxy) is 2. The van der Waals surface area contributed by atoms with Gasteiger partial charge in [0.2, 0.25) is 10.0 Å². The highest BCUT2D eigenvalue weighted by Gasteiger charge is 2.34. The van der Waals surface area contributed by atoms with Crippen molar-refractivity contribution in [1.82, 2.24) is 9.29 Å². The Hall–Kier alpha value is -3.25. The van der Waals surface area contributed by atoms with Crippen molar-refractivity contribution >= 4 is 27.7 Å². The molecule has 1 amide bonds. The van der Waals surface area contributed by atoms with Crippen molar-refractivity contribution in [1.29, 1.82) is 0 Å². The Bertz CT molecular complexity index is 1330. The van der Waals surface area contributed by atoms with E-state index >= 15 is 0 Å². The van der Waals surface area contributed by atoms with Crippen molar-refractivity contribution in [3.05, 3.63) is 83.0 Å². The zero-order chi connectivity index (χ0) is 26.5. The Morgan fingerprint density at radius 3 is 2.31 bits per heavy atom. The molecule has 0 unspecified atom stereocenters. The summed E-state index contributed by atoms with van der Waals surface area (Å²) in [6.07, 6.45) is -2.31. The molecule has 12 heteroatoms. The molecule has 0 N–H and O–H groups in total. The number of benzene rings is 2. The number of nitrogens with zero attached hydrogens (tertiary/aromatic N) is 2. The minimum atomic E-state index is -4.52. The number of hydrogen-bond acceptors (Lipinski definition) is 7. The summed E-state index contributed by atoms with van der Waals surface area (Å²) >= 11 is 0.913. The lowest BCUT2D eigenvalue weighted by Gasteiger charge is -2.22. The van der Waals surface area contributed by atoms with Crippen LogP contribution in [0.4, 0.5) is 13.2 Å². The van der Waals surface area contributed by atoms with Crippen molar-refractivity contribution in [3.63, 3.8) is 0 Å². The highest BCUT2D eigenvalue weighted by Crippen LogP contribution is 2.36. The van der Waals surface area contributed by atoms with Crippen molar-refractivity contribution in [2.45, 2.75) is 23.5 Å². The van der Waals surface area contributed by atoms with Gasteiger partial charge >= 0.3 is 6.18 Å². The van der Waals surface area contributed by atoms with Gasteiger partial charge in [0.15, 0.2) is 11.5 Å². The minimum absolute atomic E-state index is 0.102. The molecular weight excluding hydrogens is 517 g/mol. The molecule has 0 saturated heterocycles. The van der Waals surface area contributed by atoms with E-state index in [1.807, 2.05) is 0 Å². The fourth-order valence-electron chi connectivity index (χ4n) is 3.33. The van der Waals surface area contributed by atoms with Crippen molar-refractivity contribution in [3.8, 4) is 11.5 Å². The van der Waals surface area contributed by atoms with Crippen LogP contribution >= 0.6 is 11.8 Å². The number of para-hydroxylation sites is 1. The predicted molar refractivity (Wildman–Crippen MR) is 130 cm³/mol. The average molecular weight is 541 g/mol.